The van der Waals surface area contributed by atoms with Gasteiger partial charge in [-0.15, -0.1) is 12.4 Å². The maximum atomic E-state index is 12.4. The Bertz CT molecular complexity index is 457. The van der Waals surface area contributed by atoms with E-state index in [-0.39, 0.29) is 23.7 Å². The van der Waals surface area contributed by atoms with Crippen LogP contribution in [0, 0.1) is 12.3 Å². The highest BCUT2D eigenvalue weighted by molar-refractivity contribution is 6.30. The van der Waals surface area contributed by atoms with E-state index in [1.807, 2.05) is 26.0 Å². The van der Waals surface area contributed by atoms with Crippen molar-refractivity contribution in [2.75, 3.05) is 18.4 Å². The molecule has 19 heavy (non-hydrogen) atoms. The monoisotopic (exact) mass is 302 g/mol. The predicted molar refractivity (Wildman–Crippen MR) is 82.3 cm³/mol. The molecule has 0 bridgehead atoms. The maximum Gasteiger partial charge on any atom is 0.230 e. The smallest absolute Gasteiger partial charge is 0.230 e. The third-order valence-corrected chi connectivity index (χ3v) is 3.93. The van der Waals surface area contributed by atoms with Crippen molar-refractivity contribution in [3.05, 3.63) is 28.8 Å². The van der Waals surface area contributed by atoms with Crippen LogP contribution < -0.4 is 10.6 Å². The molecule has 0 radical (unpaired) electrons. The van der Waals surface area contributed by atoms with E-state index in [0.29, 0.717) is 5.02 Å². The molecule has 5 heteroatoms. The summed E-state index contributed by atoms with van der Waals surface area (Å²) in [7, 11) is 0. The normalized spacial score (nSPS) is 17.4. The van der Waals surface area contributed by atoms with E-state index in [1.165, 1.54) is 0 Å². The molecule has 2 rings (SSSR count). The minimum Gasteiger partial charge on any atom is -0.325 e. The van der Waals surface area contributed by atoms with E-state index in [1.54, 1.807) is 6.07 Å². The SMILES string of the molecule is Cc1cc(Cl)ccc1NC(=O)C1(C)CCNCC1.Cl. The number of benzene rings is 1. The van der Waals surface area contributed by atoms with Gasteiger partial charge in [-0.1, -0.05) is 18.5 Å². The average Bonchev–Trinajstić information content (AvgIpc) is 2.33. The molecule has 2 N–H and O–H groups in total. The molecule has 1 aliphatic heterocycles. The Morgan fingerprint density at radius 3 is 2.58 bits per heavy atom. The largest absolute Gasteiger partial charge is 0.325 e. The lowest BCUT2D eigenvalue weighted by Gasteiger charge is -2.32. The lowest BCUT2D eigenvalue weighted by Crippen LogP contribution is -2.42. The molecular weight excluding hydrogens is 283 g/mol. The number of carbonyl (C=O) groups is 1. The lowest BCUT2D eigenvalue weighted by molar-refractivity contribution is -0.126. The summed E-state index contributed by atoms with van der Waals surface area (Å²) in [4.78, 5) is 12.4. The Labute approximate surface area is 125 Å². The van der Waals surface area contributed by atoms with Gasteiger partial charge >= 0.3 is 0 Å². The fourth-order valence-corrected chi connectivity index (χ4v) is 2.47. The molecule has 1 fully saturated rings. The molecule has 1 heterocycles. The Morgan fingerprint density at radius 2 is 2.00 bits per heavy atom. The second-order valence-electron chi connectivity index (χ2n) is 5.22. The zero-order valence-electron chi connectivity index (χ0n) is 11.3. The Kier molecular flexibility index (Phi) is 5.65. The van der Waals surface area contributed by atoms with E-state index in [2.05, 4.69) is 10.6 Å². The van der Waals surface area contributed by atoms with Crippen LogP contribution in [0.4, 0.5) is 5.69 Å². The van der Waals surface area contributed by atoms with Crippen LogP contribution in [-0.2, 0) is 4.79 Å². The topological polar surface area (TPSA) is 41.1 Å². The number of hydrogen-bond donors (Lipinski definition) is 2. The third kappa shape index (κ3) is 3.85. The molecular formula is C14H20Cl2N2O. The summed E-state index contributed by atoms with van der Waals surface area (Å²) in [6, 6.07) is 5.52. The number of anilines is 1. The highest BCUT2D eigenvalue weighted by atomic mass is 35.5. The number of carbonyl (C=O) groups excluding carboxylic acids is 1. The van der Waals surface area contributed by atoms with Gasteiger partial charge < -0.3 is 10.6 Å². The number of piperidine rings is 1. The first kappa shape index (κ1) is 16.3. The first-order chi connectivity index (χ1) is 8.51. The van der Waals surface area contributed by atoms with Crippen LogP contribution in [0.2, 0.25) is 5.02 Å². The van der Waals surface area contributed by atoms with Crippen molar-refractivity contribution in [2.45, 2.75) is 26.7 Å². The van der Waals surface area contributed by atoms with Crippen molar-refractivity contribution in [2.24, 2.45) is 5.41 Å². The Morgan fingerprint density at radius 1 is 1.37 bits per heavy atom. The van der Waals surface area contributed by atoms with E-state index < -0.39 is 0 Å². The van der Waals surface area contributed by atoms with Crippen LogP contribution in [-0.4, -0.2) is 19.0 Å². The summed E-state index contributed by atoms with van der Waals surface area (Å²) in [5.41, 5.74) is 1.58. The van der Waals surface area contributed by atoms with Crippen LogP contribution in [0.1, 0.15) is 25.3 Å². The van der Waals surface area contributed by atoms with Gasteiger partial charge in [-0.05, 0) is 56.6 Å². The Hall–Kier alpha value is -0.770. The maximum absolute atomic E-state index is 12.4. The summed E-state index contributed by atoms with van der Waals surface area (Å²) in [6.07, 6.45) is 1.76. The molecule has 0 spiro atoms. The van der Waals surface area contributed by atoms with Crippen molar-refractivity contribution < 1.29 is 4.79 Å². The van der Waals surface area contributed by atoms with Crippen molar-refractivity contribution >= 4 is 35.6 Å². The van der Waals surface area contributed by atoms with Gasteiger partial charge in [0.2, 0.25) is 5.91 Å². The highest BCUT2D eigenvalue weighted by Crippen LogP contribution is 2.30. The van der Waals surface area contributed by atoms with E-state index in [9.17, 15) is 4.79 Å². The average molecular weight is 303 g/mol. The summed E-state index contributed by atoms with van der Waals surface area (Å²) >= 11 is 5.91. The van der Waals surface area contributed by atoms with Gasteiger partial charge in [-0.3, -0.25) is 4.79 Å². The molecule has 0 atom stereocenters. The van der Waals surface area contributed by atoms with Crippen LogP contribution >= 0.6 is 24.0 Å². The van der Waals surface area contributed by atoms with Crippen molar-refractivity contribution in [1.82, 2.24) is 5.32 Å². The van der Waals surface area contributed by atoms with E-state index >= 15 is 0 Å². The molecule has 106 valence electrons. The molecule has 0 aromatic heterocycles. The molecule has 0 unspecified atom stereocenters. The van der Waals surface area contributed by atoms with Crippen LogP contribution in [0.15, 0.2) is 18.2 Å². The molecule has 1 aromatic rings. The first-order valence-corrected chi connectivity index (χ1v) is 6.67. The minimum atomic E-state index is -0.267. The van der Waals surface area contributed by atoms with Crippen molar-refractivity contribution in [3.63, 3.8) is 0 Å². The lowest BCUT2D eigenvalue weighted by atomic mass is 9.80. The summed E-state index contributed by atoms with van der Waals surface area (Å²) in [6.45, 7) is 5.80. The van der Waals surface area contributed by atoms with Gasteiger partial charge in [0.25, 0.3) is 0 Å². The Balaban J connectivity index is 0.00000180. The second-order valence-corrected chi connectivity index (χ2v) is 5.66. The van der Waals surface area contributed by atoms with E-state index in [4.69, 9.17) is 11.6 Å². The van der Waals surface area contributed by atoms with Gasteiger partial charge in [0, 0.05) is 16.1 Å². The number of amides is 1. The zero-order valence-corrected chi connectivity index (χ0v) is 12.8. The van der Waals surface area contributed by atoms with Gasteiger partial charge in [0.05, 0.1) is 0 Å². The van der Waals surface area contributed by atoms with Gasteiger partial charge in [-0.25, -0.2) is 0 Å². The number of nitrogens with one attached hydrogen (secondary N) is 2. The van der Waals surface area contributed by atoms with Crippen molar-refractivity contribution in [3.8, 4) is 0 Å². The summed E-state index contributed by atoms with van der Waals surface area (Å²) in [5, 5.41) is 7.00. The number of hydrogen-bond acceptors (Lipinski definition) is 2. The highest BCUT2D eigenvalue weighted by Gasteiger charge is 2.34. The molecule has 0 aliphatic carbocycles. The fraction of sp³-hybridized carbons (Fsp3) is 0.500. The zero-order chi connectivity index (χ0) is 13.2. The van der Waals surface area contributed by atoms with Crippen LogP contribution in [0.25, 0.3) is 0 Å². The number of halogens is 2. The van der Waals surface area contributed by atoms with E-state index in [0.717, 1.165) is 37.2 Å². The number of rotatable bonds is 2. The standard InChI is InChI=1S/C14H19ClN2O.ClH/c1-10-9-11(15)3-4-12(10)17-13(18)14(2)5-7-16-8-6-14;/h3-4,9,16H,5-8H2,1-2H3,(H,17,18);1H. The van der Waals surface area contributed by atoms with Gasteiger partial charge in [0.15, 0.2) is 0 Å². The van der Waals surface area contributed by atoms with Gasteiger partial charge in [0.1, 0.15) is 0 Å². The summed E-state index contributed by atoms with van der Waals surface area (Å²) < 4.78 is 0. The molecule has 1 amide bonds. The third-order valence-electron chi connectivity index (χ3n) is 3.69. The molecule has 3 nitrogen and oxygen atoms in total. The second kappa shape index (κ2) is 6.60. The first-order valence-electron chi connectivity index (χ1n) is 6.30. The predicted octanol–water partition coefficient (Wildman–Crippen LogP) is 3.40. The van der Waals surface area contributed by atoms with Crippen LogP contribution in [0.3, 0.4) is 0 Å². The quantitative estimate of drug-likeness (QED) is 0.879. The molecule has 0 saturated carbocycles. The van der Waals surface area contributed by atoms with Crippen LogP contribution in [0.5, 0.6) is 0 Å². The minimum absolute atomic E-state index is 0. The molecule has 1 aliphatic rings. The number of aryl methyl sites for hydroxylation is 1. The fourth-order valence-electron chi connectivity index (χ4n) is 2.25. The molecule has 1 aromatic carbocycles. The summed E-state index contributed by atoms with van der Waals surface area (Å²) in [5.74, 6) is 0.106. The van der Waals surface area contributed by atoms with Gasteiger partial charge in [-0.2, -0.15) is 0 Å². The molecule has 1 saturated heterocycles. The van der Waals surface area contributed by atoms with Crippen molar-refractivity contribution in [1.29, 1.82) is 0 Å².